The number of pyridine rings is 1. The summed E-state index contributed by atoms with van der Waals surface area (Å²) >= 11 is 0. The smallest absolute Gasteiger partial charge is 0.337 e. The summed E-state index contributed by atoms with van der Waals surface area (Å²) in [6.07, 6.45) is 4.42. The van der Waals surface area contributed by atoms with E-state index in [0.717, 1.165) is 67.0 Å². The molecule has 34 heavy (non-hydrogen) atoms. The van der Waals surface area contributed by atoms with Crippen LogP contribution in [0.3, 0.4) is 0 Å². The van der Waals surface area contributed by atoms with E-state index in [1.165, 1.54) is 7.11 Å². The van der Waals surface area contributed by atoms with E-state index in [1.807, 2.05) is 17.8 Å². The molecule has 0 bridgehead atoms. The second-order valence-corrected chi connectivity index (χ2v) is 8.25. The molecule has 180 valence electrons. The summed E-state index contributed by atoms with van der Waals surface area (Å²) in [5.41, 5.74) is 4.60. The van der Waals surface area contributed by atoms with Crippen LogP contribution in [0.25, 0.3) is 11.0 Å². The fourth-order valence-corrected chi connectivity index (χ4v) is 4.25. The molecule has 0 aliphatic carbocycles. The average molecular weight is 466 g/mol. The van der Waals surface area contributed by atoms with Crippen LogP contribution < -0.4 is 10.6 Å². The summed E-state index contributed by atoms with van der Waals surface area (Å²) in [6, 6.07) is 6.70. The summed E-state index contributed by atoms with van der Waals surface area (Å²) in [6.45, 7) is 6.63. The molecule has 0 spiro atoms. The highest BCUT2D eigenvalue weighted by atomic mass is 16.5. The Balaban J connectivity index is 1.63. The Bertz CT molecular complexity index is 1170. The highest BCUT2D eigenvalue weighted by molar-refractivity contribution is 5.97. The van der Waals surface area contributed by atoms with Crippen molar-refractivity contribution < 1.29 is 19.1 Å². The zero-order chi connectivity index (χ0) is 24.1. The van der Waals surface area contributed by atoms with Crippen molar-refractivity contribution in [2.24, 2.45) is 0 Å². The number of ether oxygens (including phenoxy) is 2. The van der Waals surface area contributed by atoms with Gasteiger partial charge in [-0.1, -0.05) is 6.92 Å². The van der Waals surface area contributed by atoms with Crippen molar-refractivity contribution in [1.29, 1.82) is 0 Å². The number of methoxy groups -OCH3 is 1. The number of aromatic nitrogens is 3. The number of hydrogen-bond acceptors (Lipinski definition) is 7. The van der Waals surface area contributed by atoms with Gasteiger partial charge < -0.3 is 20.1 Å². The van der Waals surface area contributed by atoms with Crippen LogP contribution in [0.15, 0.2) is 30.5 Å². The average Bonchev–Trinajstić information content (AvgIpc) is 3.30. The predicted molar refractivity (Wildman–Crippen MR) is 129 cm³/mol. The highest BCUT2D eigenvalue weighted by Crippen LogP contribution is 2.31. The van der Waals surface area contributed by atoms with E-state index in [1.54, 1.807) is 24.3 Å². The number of nitrogens with one attached hydrogen (secondary N) is 2. The lowest BCUT2D eigenvalue weighted by molar-refractivity contribution is 0.0600. The lowest BCUT2D eigenvalue weighted by Gasteiger charge is -2.26. The van der Waals surface area contributed by atoms with Crippen LogP contribution in [-0.2, 0) is 29.0 Å². The molecule has 1 aliphatic rings. The number of rotatable bonds is 8. The maximum absolute atomic E-state index is 12.9. The number of esters is 1. The quantitative estimate of drug-likeness (QED) is 0.492. The molecule has 0 atom stereocenters. The van der Waals surface area contributed by atoms with Gasteiger partial charge in [-0.25, -0.2) is 14.5 Å². The van der Waals surface area contributed by atoms with Crippen LogP contribution in [-0.4, -0.2) is 53.0 Å². The molecule has 2 aromatic heterocycles. The van der Waals surface area contributed by atoms with Crippen molar-refractivity contribution in [3.05, 3.63) is 52.8 Å². The Labute approximate surface area is 198 Å². The van der Waals surface area contributed by atoms with Crippen LogP contribution in [0.4, 0.5) is 5.69 Å². The number of carbonyl (C=O) groups is 2. The summed E-state index contributed by atoms with van der Waals surface area (Å²) in [4.78, 5) is 29.4. The maximum Gasteiger partial charge on any atom is 0.337 e. The van der Waals surface area contributed by atoms with Crippen molar-refractivity contribution in [3.8, 4) is 0 Å². The first-order valence-electron chi connectivity index (χ1n) is 11.7. The van der Waals surface area contributed by atoms with Crippen molar-refractivity contribution in [2.45, 2.75) is 52.2 Å². The summed E-state index contributed by atoms with van der Waals surface area (Å²) < 4.78 is 12.1. The minimum Gasteiger partial charge on any atom is -0.465 e. The number of anilines is 1. The molecule has 0 radical (unpaired) electrons. The molecular formula is C25H31N5O4. The van der Waals surface area contributed by atoms with Gasteiger partial charge in [-0.05, 0) is 50.5 Å². The van der Waals surface area contributed by atoms with Gasteiger partial charge >= 0.3 is 5.97 Å². The molecule has 2 N–H and O–H groups in total. The summed E-state index contributed by atoms with van der Waals surface area (Å²) in [5, 5.41) is 12.2. The van der Waals surface area contributed by atoms with E-state index in [-0.39, 0.29) is 11.9 Å². The topological polar surface area (TPSA) is 107 Å². The zero-order valence-electron chi connectivity index (χ0n) is 19.9. The Hall–Kier alpha value is -3.46. The van der Waals surface area contributed by atoms with Crippen LogP contribution >= 0.6 is 0 Å². The van der Waals surface area contributed by atoms with Crippen molar-refractivity contribution in [2.75, 3.05) is 25.6 Å². The molecule has 3 aromatic rings. The minimum atomic E-state index is -0.435. The van der Waals surface area contributed by atoms with Crippen molar-refractivity contribution in [3.63, 3.8) is 0 Å². The fraction of sp³-hybridized carbons (Fsp3) is 0.440. The Morgan fingerprint density at radius 2 is 1.85 bits per heavy atom. The highest BCUT2D eigenvalue weighted by Gasteiger charge is 2.22. The summed E-state index contributed by atoms with van der Waals surface area (Å²) in [5.74, 6) is -0.657. The summed E-state index contributed by atoms with van der Waals surface area (Å²) in [7, 11) is 1.33. The molecule has 3 heterocycles. The molecular weight excluding hydrogens is 434 g/mol. The third-order valence-corrected chi connectivity index (χ3v) is 6.17. The number of benzene rings is 1. The molecule has 4 rings (SSSR count). The number of nitrogens with zero attached hydrogens (tertiary/aromatic N) is 3. The minimum absolute atomic E-state index is 0.222. The monoisotopic (exact) mass is 465 g/mol. The third-order valence-electron chi connectivity index (χ3n) is 6.17. The largest absolute Gasteiger partial charge is 0.465 e. The molecule has 1 aliphatic heterocycles. The van der Waals surface area contributed by atoms with E-state index < -0.39 is 5.97 Å². The molecule has 1 saturated heterocycles. The number of carbonyl (C=O) groups excluding carboxylic acids is 2. The first kappa shape index (κ1) is 23.7. The van der Waals surface area contributed by atoms with E-state index in [9.17, 15) is 9.59 Å². The SMILES string of the molecule is CCc1nc2c(cnn2CC)c(NC2CCOCC2)c1CNC(=O)c1ccc(C(=O)OC)cc1. The van der Waals surface area contributed by atoms with Gasteiger partial charge in [0.05, 0.1) is 29.9 Å². The molecule has 9 heteroatoms. The van der Waals surface area contributed by atoms with Gasteiger partial charge in [0.1, 0.15) is 0 Å². The van der Waals surface area contributed by atoms with E-state index in [4.69, 9.17) is 14.5 Å². The lowest BCUT2D eigenvalue weighted by Crippen LogP contribution is -2.30. The van der Waals surface area contributed by atoms with Gasteiger partial charge in [-0.3, -0.25) is 4.79 Å². The first-order valence-corrected chi connectivity index (χ1v) is 11.7. The molecule has 0 unspecified atom stereocenters. The van der Waals surface area contributed by atoms with Crippen LogP contribution in [0.2, 0.25) is 0 Å². The van der Waals surface area contributed by atoms with Crippen LogP contribution in [0.5, 0.6) is 0 Å². The normalized spacial score (nSPS) is 14.2. The van der Waals surface area contributed by atoms with Gasteiger partial charge in [0, 0.05) is 49.2 Å². The Morgan fingerprint density at radius 3 is 2.50 bits per heavy atom. The van der Waals surface area contributed by atoms with Crippen LogP contribution in [0, 0.1) is 0 Å². The Kier molecular flexibility index (Phi) is 7.42. The number of amides is 1. The van der Waals surface area contributed by atoms with Gasteiger partial charge in [-0.15, -0.1) is 0 Å². The lowest BCUT2D eigenvalue weighted by atomic mass is 10.0. The molecule has 9 nitrogen and oxygen atoms in total. The number of fused-ring (bicyclic) bond motifs is 1. The molecule has 1 amide bonds. The number of aryl methyl sites for hydroxylation is 2. The third kappa shape index (κ3) is 4.89. The maximum atomic E-state index is 12.9. The number of hydrogen-bond donors (Lipinski definition) is 2. The van der Waals surface area contributed by atoms with E-state index >= 15 is 0 Å². The van der Waals surface area contributed by atoms with Gasteiger partial charge in [-0.2, -0.15) is 5.10 Å². The Morgan fingerprint density at radius 1 is 1.15 bits per heavy atom. The van der Waals surface area contributed by atoms with Crippen LogP contribution in [0.1, 0.15) is 58.7 Å². The second kappa shape index (κ2) is 10.6. The second-order valence-electron chi connectivity index (χ2n) is 8.25. The van der Waals surface area contributed by atoms with Gasteiger partial charge in [0.2, 0.25) is 0 Å². The van der Waals surface area contributed by atoms with Crippen molar-refractivity contribution in [1.82, 2.24) is 20.1 Å². The molecule has 1 aromatic carbocycles. The van der Waals surface area contributed by atoms with Crippen molar-refractivity contribution >= 4 is 28.6 Å². The fourth-order valence-electron chi connectivity index (χ4n) is 4.25. The van der Waals surface area contributed by atoms with E-state index in [2.05, 4.69) is 22.7 Å². The van der Waals surface area contributed by atoms with E-state index in [0.29, 0.717) is 17.7 Å². The predicted octanol–water partition coefficient (Wildman–Crippen LogP) is 3.32. The molecule has 1 fully saturated rings. The van der Waals surface area contributed by atoms with Gasteiger partial charge in [0.25, 0.3) is 5.91 Å². The molecule has 0 saturated carbocycles. The van der Waals surface area contributed by atoms with Gasteiger partial charge in [0.15, 0.2) is 5.65 Å². The first-order chi connectivity index (χ1) is 16.5. The standard InChI is InChI=1S/C25H31N5O4/c1-4-21-19(14-26-24(31)16-6-8-17(9-7-16)25(32)33-3)22(28-18-10-12-34-13-11-18)20-15-27-30(5-2)23(20)29-21/h6-9,15,18H,4-5,10-14H2,1-3H3,(H,26,31)(H,28,29). The zero-order valence-corrected chi connectivity index (χ0v) is 19.9.